The molecule has 1 heterocycles. The highest BCUT2D eigenvalue weighted by molar-refractivity contribution is 6.89. The number of rotatable bonds is 4. The predicted molar refractivity (Wildman–Crippen MR) is 112 cm³/mol. The Labute approximate surface area is 159 Å². The molecule has 0 spiro atoms. The third-order valence-corrected chi connectivity index (χ3v) is 7.09. The summed E-state index contributed by atoms with van der Waals surface area (Å²) in [5.41, 5.74) is 1.67. The lowest BCUT2D eigenvalue weighted by Crippen LogP contribution is -2.48. The quantitative estimate of drug-likeness (QED) is 0.818. The van der Waals surface area contributed by atoms with Gasteiger partial charge in [0.25, 0.3) is 0 Å². The van der Waals surface area contributed by atoms with E-state index in [1.165, 1.54) is 15.7 Å². The average Bonchev–Trinajstić information content (AvgIpc) is 2.48. The summed E-state index contributed by atoms with van der Waals surface area (Å²) < 4.78 is 0. The van der Waals surface area contributed by atoms with Crippen LogP contribution in [0, 0.1) is 0 Å². The Hall–Kier alpha value is -1.37. The molecule has 5 nitrogen and oxygen atoms in total. The van der Waals surface area contributed by atoms with Gasteiger partial charge in [-0.2, -0.15) is 0 Å². The minimum Gasteiger partial charge on any atom is -0.465 e. The third-order valence-electron chi connectivity index (χ3n) is 5.01. The molecule has 0 aliphatic carbocycles. The summed E-state index contributed by atoms with van der Waals surface area (Å²) in [6, 6.07) is 6.27. The number of hydrogen-bond donors (Lipinski definition) is 1. The molecule has 1 aromatic carbocycles. The Morgan fingerprint density at radius 2 is 1.73 bits per heavy atom. The highest BCUT2D eigenvalue weighted by Crippen LogP contribution is 2.25. The van der Waals surface area contributed by atoms with Crippen LogP contribution in [0.5, 0.6) is 0 Å². The van der Waals surface area contributed by atoms with Crippen molar-refractivity contribution in [3.05, 3.63) is 23.8 Å². The summed E-state index contributed by atoms with van der Waals surface area (Å²) >= 11 is 0. The van der Waals surface area contributed by atoms with Crippen molar-refractivity contribution in [1.29, 1.82) is 0 Å². The molecule has 0 atom stereocenters. The molecule has 2 rings (SSSR count). The lowest BCUT2D eigenvalue weighted by atomic mass is 10.0. The monoisotopic (exact) mass is 377 g/mol. The summed E-state index contributed by atoms with van der Waals surface area (Å²) in [6.07, 6.45) is -0.897. The number of hydrogen-bond acceptors (Lipinski definition) is 3. The van der Waals surface area contributed by atoms with Crippen LogP contribution in [0.4, 0.5) is 10.5 Å². The topological polar surface area (TPSA) is 47.0 Å². The number of carboxylic acid groups (broad SMARTS) is 1. The van der Waals surface area contributed by atoms with Crippen molar-refractivity contribution < 1.29 is 9.90 Å². The molecule has 1 N–H and O–H groups in total. The number of likely N-dealkylation sites (N-methyl/N-ethyl adjacent to an activating group) is 1. The maximum atomic E-state index is 11.9. The molecule has 1 aliphatic rings. The normalized spacial score (nSPS) is 17.3. The molecule has 26 heavy (non-hydrogen) atoms. The van der Waals surface area contributed by atoms with E-state index in [-0.39, 0.29) is 0 Å². The number of amides is 1. The minimum absolute atomic E-state index is 0.471. The first-order valence-electron chi connectivity index (χ1n) is 9.47. The van der Waals surface area contributed by atoms with Crippen LogP contribution in [-0.4, -0.2) is 67.8 Å². The van der Waals surface area contributed by atoms with Gasteiger partial charge in [-0.25, -0.2) is 4.79 Å². The number of carbonyl (C=O) groups is 1. The van der Waals surface area contributed by atoms with Gasteiger partial charge in [0.15, 0.2) is 0 Å². The second-order valence-corrected chi connectivity index (χ2v) is 14.5. The Bertz CT molecular complexity index is 641. The van der Waals surface area contributed by atoms with Gasteiger partial charge in [0.2, 0.25) is 0 Å². The first kappa shape index (κ1) is 20.9. The van der Waals surface area contributed by atoms with Gasteiger partial charge in [-0.3, -0.25) is 9.80 Å². The first-order chi connectivity index (χ1) is 11.9. The highest BCUT2D eigenvalue weighted by atomic mass is 28.3. The van der Waals surface area contributed by atoms with E-state index in [1.54, 1.807) is 0 Å². The fraction of sp³-hybridized carbons (Fsp3) is 0.650. The smallest absolute Gasteiger partial charge is 0.412 e. The van der Waals surface area contributed by atoms with Gasteiger partial charge in [0, 0.05) is 44.0 Å². The van der Waals surface area contributed by atoms with E-state index in [0.29, 0.717) is 0 Å². The van der Waals surface area contributed by atoms with Crippen LogP contribution in [-0.2, 0) is 6.54 Å². The van der Waals surface area contributed by atoms with E-state index in [4.69, 9.17) is 0 Å². The fourth-order valence-electron chi connectivity index (χ4n) is 3.57. The SMILES string of the molecule is CN1CCN(Cc2ccc(N(C(=O)O)C(C)(C)C)cc2[Si](C)(C)C)CC1. The molecule has 0 bridgehead atoms. The van der Waals surface area contributed by atoms with E-state index >= 15 is 0 Å². The summed E-state index contributed by atoms with van der Waals surface area (Å²) in [5.74, 6) is 0. The van der Waals surface area contributed by atoms with E-state index in [1.807, 2.05) is 26.8 Å². The lowest BCUT2D eigenvalue weighted by molar-refractivity contribution is 0.148. The van der Waals surface area contributed by atoms with Crippen molar-refractivity contribution in [3.63, 3.8) is 0 Å². The molecule has 1 fully saturated rings. The molecule has 0 saturated carbocycles. The number of nitrogens with zero attached hydrogens (tertiary/aromatic N) is 3. The number of benzene rings is 1. The third kappa shape index (κ3) is 5.08. The summed E-state index contributed by atoms with van der Waals surface area (Å²) in [4.78, 5) is 18.2. The van der Waals surface area contributed by atoms with Gasteiger partial charge in [-0.1, -0.05) is 30.9 Å². The second-order valence-electron chi connectivity index (χ2n) is 9.46. The van der Waals surface area contributed by atoms with Crippen LogP contribution >= 0.6 is 0 Å². The largest absolute Gasteiger partial charge is 0.465 e. The van der Waals surface area contributed by atoms with Crippen molar-refractivity contribution >= 4 is 25.0 Å². The maximum Gasteiger partial charge on any atom is 0.412 e. The lowest BCUT2D eigenvalue weighted by Gasteiger charge is -2.36. The Morgan fingerprint density at radius 3 is 2.19 bits per heavy atom. The van der Waals surface area contributed by atoms with Crippen LogP contribution in [0.25, 0.3) is 0 Å². The molecule has 0 aromatic heterocycles. The molecular formula is C20H35N3O2Si. The zero-order chi connectivity index (χ0) is 19.7. The van der Waals surface area contributed by atoms with Gasteiger partial charge in [0.05, 0.1) is 8.07 Å². The first-order valence-corrected chi connectivity index (χ1v) is 13.0. The molecular weight excluding hydrogens is 342 g/mol. The molecule has 1 amide bonds. The molecule has 0 unspecified atom stereocenters. The van der Waals surface area contributed by atoms with Crippen molar-refractivity contribution in [3.8, 4) is 0 Å². The summed E-state index contributed by atoms with van der Waals surface area (Å²) in [7, 11) is 0.570. The van der Waals surface area contributed by atoms with Crippen LogP contribution in [0.1, 0.15) is 26.3 Å². The van der Waals surface area contributed by atoms with E-state index in [9.17, 15) is 9.90 Å². The van der Waals surface area contributed by atoms with Gasteiger partial charge >= 0.3 is 6.09 Å². The molecule has 1 aliphatic heterocycles. The van der Waals surface area contributed by atoms with E-state index < -0.39 is 19.7 Å². The standard InChI is InChI=1S/C20H35N3O2Si/c1-20(2,3)23(19(24)25)17-9-8-16(18(14-17)26(5,6)7)15-22-12-10-21(4)11-13-22/h8-9,14H,10-13,15H2,1-7H3,(H,24,25). The highest BCUT2D eigenvalue weighted by Gasteiger charge is 2.30. The van der Waals surface area contributed by atoms with Crippen molar-refractivity contribution in [1.82, 2.24) is 9.80 Å². The number of anilines is 1. The van der Waals surface area contributed by atoms with E-state index in [0.717, 1.165) is 38.4 Å². The molecule has 6 heteroatoms. The van der Waals surface area contributed by atoms with Gasteiger partial charge in [0.1, 0.15) is 0 Å². The zero-order valence-electron chi connectivity index (χ0n) is 17.5. The van der Waals surface area contributed by atoms with E-state index in [2.05, 4.69) is 48.6 Å². The van der Waals surface area contributed by atoms with Crippen molar-refractivity contribution in [2.45, 2.75) is 52.5 Å². The summed E-state index contributed by atoms with van der Waals surface area (Å²) in [6.45, 7) is 18.2. The average molecular weight is 378 g/mol. The number of piperazine rings is 1. The van der Waals surface area contributed by atoms with Crippen LogP contribution in [0.2, 0.25) is 19.6 Å². The Morgan fingerprint density at radius 1 is 1.15 bits per heavy atom. The second kappa shape index (κ2) is 7.70. The fourth-order valence-corrected chi connectivity index (χ4v) is 5.28. The van der Waals surface area contributed by atoms with Gasteiger partial charge in [-0.05, 0) is 45.5 Å². The minimum atomic E-state index is -1.60. The van der Waals surface area contributed by atoms with Crippen molar-refractivity contribution in [2.75, 3.05) is 38.1 Å². The van der Waals surface area contributed by atoms with Crippen molar-refractivity contribution in [2.24, 2.45) is 0 Å². The Balaban J connectivity index is 2.37. The van der Waals surface area contributed by atoms with Crippen LogP contribution in [0.3, 0.4) is 0 Å². The molecule has 1 saturated heterocycles. The van der Waals surface area contributed by atoms with Gasteiger partial charge in [-0.15, -0.1) is 0 Å². The maximum absolute atomic E-state index is 11.9. The predicted octanol–water partition coefficient (Wildman–Crippen LogP) is 3.26. The molecule has 1 aromatic rings. The molecule has 146 valence electrons. The van der Waals surface area contributed by atoms with Crippen LogP contribution in [0.15, 0.2) is 18.2 Å². The van der Waals surface area contributed by atoms with Gasteiger partial charge < -0.3 is 10.0 Å². The molecule has 0 radical (unpaired) electrons. The Kier molecular flexibility index (Phi) is 6.20. The zero-order valence-corrected chi connectivity index (χ0v) is 18.5. The van der Waals surface area contributed by atoms with Crippen LogP contribution < -0.4 is 10.1 Å². The summed E-state index contributed by atoms with van der Waals surface area (Å²) in [5, 5.41) is 11.1.